The van der Waals surface area contributed by atoms with Gasteiger partial charge in [-0.2, -0.15) is 4.39 Å². The minimum atomic E-state index is -2.90. The number of hydrogen-bond donors (Lipinski definition) is 1. The van der Waals surface area contributed by atoms with Crippen LogP contribution in [0.1, 0.15) is 42.5 Å². The summed E-state index contributed by atoms with van der Waals surface area (Å²) in [5, 5.41) is 3.36. The molecule has 1 saturated heterocycles. The molecule has 1 aromatic carbocycles. The highest BCUT2D eigenvalue weighted by Crippen LogP contribution is 2.38. The van der Waals surface area contributed by atoms with Crippen LogP contribution in [0, 0.1) is 5.82 Å². The minimum absolute atomic E-state index is 0.0443. The minimum Gasteiger partial charge on any atom is -0.363 e. The smallest absolute Gasteiger partial charge is 0.270 e. The second-order valence-corrected chi connectivity index (χ2v) is 7.95. The Labute approximate surface area is 183 Å². The summed E-state index contributed by atoms with van der Waals surface area (Å²) in [7, 11) is 0. The maximum Gasteiger partial charge on any atom is 0.270 e. The SMILES string of the molecule is CC(F)(F)c1ccc(C2CCCN2c2ncnc(NCc3ccc(Cl)nc3)c2F)cc1. The summed E-state index contributed by atoms with van der Waals surface area (Å²) in [4.78, 5) is 14.1. The van der Waals surface area contributed by atoms with Crippen molar-refractivity contribution in [1.82, 2.24) is 15.0 Å². The molecule has 3 heterocycles. The van der Waals surface area contributed by atoms with Gasteiger partial charge in [0.25, 0.3) is 5.92 Å². The fourth-order valence-electron chi connectivity index (χ4n) is 3.75. The van der Waals surface area contributed by atoms with E-state index in [0.29, 0.717) is 18.2 Å². The quantitative estimate of drug-likeness (QED) is 0.489. The fraction of sp³-hybridized carbons (Fsp3) is 0.318. The first-order chi connectivity index (χ1) is 14.8. The second kappa shape index (κ2) is 8.70. The summed E-state index contributed by atoms with van der Waals surface area (Å²) in [6, 6.07) is 9.53. The first-order valence-electron chi connectivity index (χ1n) is 9.92. The highest BCUT2D eigenvalue weighted by atomic mass is 35.5. The van der Waals surface area contributed by atoms with Gasteiger partial charge in [0.1, 0.15) is 11.5 Å². The van der Waals surface area contributed by atoms with Crippen LogP contribution in [0.5, 0.6) is 0 Å². The number of aromatic nitrogens is 3. The van der Waals surface area contributed by atoms with E-state index in [-0.39, 0.29) is 23.2 Å². The molecule has 0 spiro atoms. The highest BCUT2D eigenvalue weighted by molar-refractivity contribution is 6.29. The molecule has 0 aliphatic carbocycles. The van der Waals surface area contributed by atoms with Crippen molar-refractivity contribution < 1.29 is 13.2 Å². The first-order valence-corrected chi connectivity index (χ1v) is 10.3. The van der Waals surface area contributed by atoms with Gasteiger partial charge in [0.05, 0.1) is 6.04 Å². The molecule has 5 nitrogen and oxygen atoms in total. The van der Waals surface area contributed by atoms with E-state index in [1.807, 2.05) is 4.90 Å². The molecule has 0 amide bonds. The molecule has 9 heteroatoms. The van der Waals surface area contributed by atoms with Gasteiger partial charge in [-0.05, 0) is 30.0 Å². The van der Waals surface area contributed by atoms with E-state index in [2.05, 4.69) is 20.3 Å². The standard InChI is InChI=1S/C22H21ClF3N5/c1-22(25,26)16-7-5-15(6-8-16)17-3-2-10-31(17)21-19(24)20(29-13-30-21)28-12-14-4-9-18(23)27-11-14/h4-9,11,13,17H,2-3,10,12H2,1H3,(H,28,29,30). The highest BCUT2D eigenvalue weighted by Gasteiger charge is 2.31. The Kier molecular flexibility index (Phi) is 6.00. The van der Waals surface area contributed by atoms with Gasteiger partial charge >= 0.3 is 0 Å². The lowest BCUT2D eigenvalue weighted by atomic mass is 10.0. The number of halogens is 4. The molecule has 162 valence electrons. The van der Waals surface area contributed by atoms with Crippen LogP contribution in [0.4, 0.5) is 24.8 Å². The van der Waals surface area contributed by atoms with Crippen molar-refractivity contribution in [2.24, 2.45) is 0 Å². The van der Waals surface area contributed by atoms with Crippen molar-refractivity contribution >= 4 is 23.2 Å². The Morgan fingerprint density at radius 3 is 2.58 bits per heavy atom. The number of nitrogens with zero attached hydrogens (tertiary/aromatic N) is 4. The maximum atomic E-state index is 15.2. The molecule has 0 radical (unpaired) electrons. The molecule has 3 aromatic rings. The summed E-state index contributed by atoms with van der Waals surface area (Å²) < 4.78 is 42.3. The molecular formula is C22H21ClF3N5. The molecule has 0 saturated carbocycles. The molecule has 2 aromatic heterocycles. The van der Waals surface area contributed by atoms with Crippen molar-refractivity contribution in [3.63, 3.8) is 0 Å². The Morgan fingerprint density at radius 1 is 1.13 bits per heavy atom. The van der Waals surface area contributed by atoms with E-state index < -0.39 is 11.7 Å². The molecule has 1 N–H and O–H groups in total. The number of pyridine rings is 1. The van der Waals surface area contributed by atoms with Crippen LogP contribution in [0.25, 0.3) is 0 Å². The third-order valence-electron chi connectivity index (χ3n) is 5.35. The van der Waals surface area contributed by atoms with Crippen LogP contribution >= 0.6 is 11.6 Å². The largest absolute Gasteiger partial charge is 0.363 e. The molecular weight excluding hydrogens is 427 g/mol. The summed E-state index contributed by atoms with van der Waals surface area (Å²) in [5.41, 5.74) is 1.64. The van der Waals surface area contributed by atoms with Gasteiger partial charge < -0.3 is 10.2 Å². The molecule has 1 unspecified atom stereocenters. The van der Waals surface area contributed by atoms with Crippen molar-refractivity contribution in [3.8, 4) is 0 Å². The lowest BCUT2D eigenvalue weighted by Gasteiger charge is -2.27. The van der Waals surface area contributed by atoms with Crippen LogP contribution in [-0.2, 0) is 12.5 Å². The monoisotopic (exact) mass is 447 g/mol. The lowest BCUT2D eigenvalue weighted by Crippen LogP contribution is -2.25. The number of hydrogen-bond acceptors (Lipinski definition) is 5. The number of alkyl halides is 2. The van der Waals surface area contributed by atoms with E-state index in [1.165, 1.54) is 18.5 Å². The third kappa shape index (κ3) is 4.74. The number of nitrogens with one attached hydrogen (secondary N) is 1. The van der Waals surface area contributed by atoms with E-state index in [9.17, 15) is 8.78 Å². The lowest BCUT2D eigenvalue weighted by molar-refractivity contribution is 0.0174. The van der Waals surface area contributed by atoms with Gasteiger partial charge in [-0.1, -0.05) is 41.9 Å². The molecule has 1 fully saturated rings. The normalized spacial score (nSPS) is 16.5. The van der Waals surface area contributed by atoms with E-state index in [4.69, 9.17) is 11.6 Å². The van der Waals surface area contributed by atoms with Gasteiger partial charge in [0.15, 0.2) is 11.6 Å². The Balaban J connectivity index is 1.54. The van der Waals surface area contributed by atoms with E-state index in [0.717, 1.165) is 30.9 Å². The summed E-state index contributed by atoms with van der Waals surface area (Å²) >= 11 is 5.79. The predicted octanol–water partition coefficient (Wildman–Crippen LogP) is 5.73. The molecule has 1 atom stereocenters. The summed E-state index contributed by atoms with van der Waals surface area (Å²) in [6.45, 7) is 1.81. The van der Waals surface area contributed by atoms with E-state index >= 15 is 4.39 Å². The average Bonchev–Trinajstić information content (AvgIpc) is 3.23. The fourth-order valence-corrected chi connectivity index (χ4v) is 3.86. The number of benzene rings is 1. The Hall–Kier alpha value is -2.87. The van der Waals surface area contributed by atoms with Gasteiger partial charge in [-0.15, -0.1) is 0 Å². The van der Waals surface area contributed by atoms with Crippen molar-refractivity contribution in [3.05, 3.63) is 76.6 Å². The van der Waals surface area contributed by atoms with Gasteiger partial charge in [-0.25, -0.2) is 23.7 Å². The van der Waals surface area contributed by atoms with Crippen LogP contribution in [0.15, 0.2) is 48.9 Å². The molecule has 1 aliphatic heterocycles. The Bertz CT molecular complexity index is 1040. The van der Waals surface area contributed by atoms with E-state index in [1.54, 1.807) is 30.5 Å². The van der Waals surface area contributed by atoms with Crippen molar-refractivity contribution in [2.45, 2.75) is 38.3 Å². The van der Waals surface area contributed by atoms with Crippen molar-refractivity contribution in [1.29, 1.82) is 0 Å². The molecule has 0 bridgehead atoms. The van der Waals surface area contributed by atoms with Crippen LogP contribution < -0.4 is 10.2 Å². The zero-order valence-electron chi connectivity index (χ0n) is 16.8. The zero-order chi connectivity index (χ0) is 22.0. The zero-order valence-corrected chi connectivity index (χ0v) is 17.6. The van der Waals surface area contributed by atoms with Crippen LogP contribution in [0.3, 0.4) is 0 Å². The topological polar surface area (TPSA) is 53.9 Å². The number of rotatable bonds is 6. The van der Waals surface area contributed by atoms with Gasteiger partial charge in [0, 0.05) is 31.8 Å². The molecule has 4 rings (SSSR count). The first kappa shape index (κ1) is 21.4. The Morgan fingerprint density at radius 2 is 1.90 bits per heavy atom. The van der Waals surface area contributed by atoms with Crippen LogP contribution in [0.2, 0.25) is 5.15 Å². The predicted molar refractivity (Wildman–Crippen MR) is 114 cm³/mol. The number of anilines is 2. The summed E-state index contributed by atoms with van der Waals surface area (Å²) in [6.07, 6.45) is 4.55. The summed E-state index contributed by atoms with van der Waals surface area (Å²) in [5.74, 6) is -3.16. The third-order valence-corrected chi connectivity index (χ3v) is 5.57. The molecule has 31 heavy (non-hydrogen) atoms. The second-order valence-electron chi connectivity index (χ2n) is 7.56. The molecule has 1 aliphatic rings. The van der Waals surface area contributed by atoms with Crippen molar-refractivity contribution in [2.75, 3.05) is 16.8 Å². The van der Waals surface area contributed by atoms with Gasteiger partial charge in [-0.3, -0.25) is 0 Å². The average molecular weight is 448 g/mol. The maximum absolute atomic E-state index is 15.2. The van der Waals surface area contributed by atoms with Gasteiger partial charge in [0.2, 0.25) is 5.82 Å². The van der Waals surface area contributed by atoms with Crippen LogP contribution in [-0.4, -0.2) is 21.5 Å².